The number of alkyl halides is 3. The summed E-state index contributed by atoms with van der Waals surface area (Å²) in [6.07, 6.45) is -2.84. The maximum Gasteiger partial charge on any atom is 0.435 e. The summed E-state index contributed by atoms with van der Waals surface area (Å²) in [6, 6.07) is 7.37. The van der Waals surface area contributed by atoms with Crippen molar-refractivity contribution < 1.29 is 35.7 Å². The Morgan fingerprint density at radius 2 is 1.78 bits per heavy atom. The monoisotopic (exact) mass is 528 g/mol. The number of benzene rings is 2. The Hall–Kier alpha value is -3.61. The highest BCUT2D eigenvalue weighted by Crippen LogP contribution is 2.36. The van der Waals surface area contributed by atoms with E-state index in [4.69, 9.17) is 9.52 Å². The summed E-state index contributed by atoms with van der Waals surface area (Å²) in [6.45, 7) is 2.75. The van der Waals surface area contributed by atoms with Gasteiger partial charge in [-0.25, -0.2) is 17.8 Å². The van der Waals surface area contributed by atoms with Crippen molar-refractivity contribution in [3.8, 4) is 11.6 Å². The van der Waals surface area contributed by atoms with E-state index in [0.29, 0.717) is 18.4 Å². The first-order chi connectivity index (χ1) is 16.7. The molecular weight excluding hydrogens is 507 g/mol. The van der Waals surface area contributed by atoms with Crippen LogP contribution in [0.25, 0.3) is 0 Å². The zero-order chi connectivity index (χ0) is 26.8. The highest BCUT2D eigenvalue weighted by Gasteiger charge is 2.38. The minimum atomic E-state index is -4.98. The predicted molar refractivity (Wildman–Crippen MR) is 122 cm³/mol. The molecule has 0 bridgehead atoms. The fraction of sp³-hybridized carbons (Fsp3) is 0.261. The number of halogens is 5. The van der Waals surface area contributed by atoms with E-state index in [-0.39, 0.29) is 10.6 Å². The Bertz CT molecular complexity index is 1400. The number of carbonyl (C=O) groups is 1. The number of rotatable bonds is 7. The van der Waals surface area contributed by atoms with Gasteiger partial charge in [-0.1, -0.05) is 19.4 Å². The molecule has 0 fully saturated rings. The van der Waals surface area contributed by atoms with Crippen LogP contribution in [0.3, 0.4) is 0 Å². The first-order valence-electron chi connectivity index (χ1n) is 10.5. The third-order valence-corrected chi connectivity index (χ3v) is 6.17. The van der Waals surface area contributed by atoms with Crippen molar-refractivity contribution in [3.63, 3.8) is 0 Å². The van der Waals surface area contributed by atoms with Crippen molar-refractivity contribution in [2.75, 3.05) is 11.6 Å². The molecule has 0 spiro atoms. The number of nitrogens with one attached hydrogen (secondary N) is 2. The first kappa shape index (κ1) is 27.0. The van der Waals surface area contributed by atoms with Gasteiger partial charge in [0.25, 0.3) is 11.8 Å². The summed E-state index contributed by atoms with van der Waals surface area (Å²) in [5, 5.41) is 8.68. The van der Waals surface area contributed by atoms with E-state index in [2.05, 4.69) is 15.5 Å². The molecule has 7 nitrogen and oxygen atoms in total. The van der Waals surface area contributed by atoms with Gasteiger partial charge in [-0.15, -0.1) is 10.2 Å². The second-order valence-corrected chi connectivity index (χ2v) is 10.1. The number of aromatic nitrogens is 2. The summed E-state index contributed by atoms with van der Waals surface area (Å²) < 4.78 is 94.4. The Morgan fingerprint density at radius 1 is 1.14 bits per heavy atom. The Morgan fingerprint density at radius 3 is 2.33 bits per heavy atom. The molecule has 0 saturated heterocycles. The molecular formula is C23H21F5N4O3S. The molecule has 1 heterocycles. The molecule has 3 rings (SSSR count). The molecule has 2 N–H and O–H groups in total. The second kappa shape index (κ2) is 10.2. The quantitative estimate of drug-likeness (QED) is 0.360. The molecule has 0 aliphatic heterocycles. The lowest BCUT2D eigenvalue weighted by atomic mass is 10.1. The van der Waals surface area contributed by atoms with Gasteiger partial charge in [0.2, 0.25) is 5.75 Å². The van der Waals surface area contributed by atoms with E-state index in [1.54, 1.807) is 0 Å². The zero-order valence-corrected chi connectivity index (χ0v) is 20.1. The van der Waals surface area contributed by atoms with Gasteiger partial charge in [-0.05, 0) is 54.8 Å². The maximum absolute atomic E-state index is 14.6. The molecule has 3 aromatic rings. The van der Waals surface area contributed by atoms with E-state index in [1.807, 2.05) is 6.92 Å². The average molecular weight is 529 g/mol. The minimum Gasteiger partial charge on any atom is -0.431 e. The second-order valence-electron chi connectivity index (χ2n) is 7.92. The van der Waals surface area contributed by atoms with E-state index < -0.39 is 61.9 Å². The van der Waals surface area contributed by atoms with E-state index in [1.165, 1.54) is 24.3 Å². The number of carbonyl (C=O) groups excluding carboxylic acids is 1. The zero-order valence-electron chi connectivity index (χ0n) is 19.3. The molecule has 1 atom stereocenters. The summed E-state index contributed by atoms with van der Waals surface area (Å²) in [5.74, 6) is -5.24. The number of amides is 1. The third kappa shape index (κ3) is 5.96. The van der Waals surface area contributed by atoms with Crippen LogP contribution < -0.4 is 10.1 Å². The van der Waals surface area contributed by atoms with Crippen molar-refractivity contribution in [1.82, 2.24) is 10.2 Å². The smallest absolute Gasteiger partial charge is 0.431 e. The molecule has 0 aliphatic carbocycles. The molecule has 0 radical (unpaired) electrons. The normalized spacial score (nSPS) is 13.2. The van der Waals surface area contributed by atoms with Crippen LogP contribution >= 0.6 is 0 Å². The standard InChI is InChI=1S/C23H21F5N4O3S/c1-4-6-13-9-16(24)19(17(25)10-13)35-22-18(12(2)20(31-32-22)23(26,27)28)21(33)30-14-7-5-8-15(11-14)36(3,29)34/h5,7-11,29H,4,6H2,1-3H3,(H,30,33). The number of aryl methyl sites for hydroxylation is 1. The molecule has 0 saturated carbocycles. The molecule has 36 heavy (non-hydrogen) atoms. The van der Waals surface area contributed by atoms with Gasteiger partial charge in [0.05, 0.1) is 9.73 Å². The summed E-state index contributed by atoms with van der Waals surface area (Å²) in [4.78, 5) is 13.1. The Labute approximate surface area is 203 Å². The van der Waals surface area contributed by atoms with Crippen LogP contribution in [-0.4, -0.2) is 26.6 Å². The van der Waals surface area contributed by atoms with Crippen LogP contribution in [0, 0.1) is 23.3 Å². The van der Waals surface area contributed by atoms with Crippen LogP contribution in [0.2, 0.25) is 0 Å². The molecule has 0 aliphatic rings. The van der Waals surface area contributed by atoms with Gasteiger partial charge in [0.1, 0.15) is 5.56 Å². The number of hydrogen-bond acceptors (Lipinski definition) is 6. The van der Waals surface area contributed by atoms with Crippen LogP contribution in [0.15, 0.2) is 41.3 Å². The average Bonchev–Trinajstić information content (AvgIpc) is 2.75. The van der Waals surface area contributed by atoms with Crippen molar-refractivity contribution >= 4 is 21.3 Å². The van der Waals surface area contributed by atoms with Gasteiger partial charge < -0.3 is 10.1 Å². The van der Waals surface area contributed by atoms with Crippen molar-refractivity contribution in [1.29, 1.82) is 4.78 Å². The SMILES string of the molecule is CCCc1cc(F)c(Oc2nnc(C(F)(F)F)c(C)c2C(=O)Nc2cccc(S(C)(=N)=O)c2)c(F)c1. The molecule has 1 unspecified atom stereocenters. The van der Waals surface area contributed by atoms with Crippen LogP contribution in [0.5, 0.6) is 11.6 Å². The largest absolute Gasteiger partial charge is 0.435 e. The maximum atomic E-state index is 14.6. The number of nitrogens with zero attached hydrogens (tertiary/aromatic N) is 2. The number of ether oxygens (including phenoxy) is 1. The van der Waals surface area contributed by atoms with E-state index >= 15 is 0 Å². The summed E-state index contributed by atoms with van der Waals surface area (Å²) >= 11 is 0. The highest BCUT2D eigenvalue weighted by atomic mass is 32.2. The number of anilines is 1. The Kier molecular flexibility index (Phi) is 7.62. The van der Waals surface area contributed by atoms with Crippen LogP contribution in [0.1, 0.15) is 40.5 Å². The third-order valence-electron chi connectivity index (χ3n) is 5.02. The molecule has 2 aromatic carbocycles. The fourth-order valence-corrected chi connectivity index (χ4v) is 4.05. The molecule has 1 amide bonds. The first-order valence-corrected chi connectivity index (χ1v) is 12.4. The highest BCUT2D eigenvalue weighted by molar-refractivity contribution is 7.91. The lowest BCUT2D eigenvalue weighted by Crippen LogP contribution is -2.21. The molecule has 192 valence electrons. The van der Waals surface area contributed by atoms with Gasteiger partial charge in [0, 0.05) is 16.8 Å². The summed E-state index contributed by atoms with van der Waals surface area (Å²) in [5.41, 5.74) is -2.59. The fourth-order valence-electron chi connectivity index (χ4n) is 3.36. The van der Waals surface area contributed by atoms with Crippen molar-refractivity contribution in [2.24, 2.45) is 0 Å². The lowest BCUT2D eigenvalue weighted by Gasteiger charge is -2.17. The van der Waals surface area contributed by atoms with Gasteiger partial charge in [-0.2, -0.15) is 13.2 Å². The van der Waals surface area contributed by atoms with Crippen LogP contribution in [0.4, 0.5) is 27.6 Å². The van der Waals surface area contributed by atoms with Gasteiger partial charge >= 0.3 is 6.18 Å². The van der Waals surface area contributed by atoms with Crippen molar-refractivity contribution in [3.05, 3.63) is 70.4 Å². The topological polar surface area (TPSA) is 105 Å². The predicted octanol–water partition coefficient (Wildman–Crippen LogP) is 6.11. The van der Waals surface area contributed by atoms with E-state index in [9.17, 15) is 31.0 Å². The van der Waals surface area contributed by atoms with Crippen molar-refractivity contribution in [2.45, 2.75) is 37.8 Å². The lowest BCUT2D eigenvalue weighted by molar-refractivity contribution is -0.142. The van der Waals surface area contributed by atoms with Crippen LogP contribution in [-0.2, 0) is 22.3 Å². The Balaban J connectivity index is 2.09. The summed E-state index contributed by atoms with van der Waals surface area (Å²) in [7, 11) is -3.16. The number of hydrogen-bond donors (Lipinski definition) is 2. The molecule has 1 aromatic heterocycles. The van der Waals surface area contributed by atoms with Gasteiger partial charge in [0.15, 0.2) is 17.3 Å². The van der Waals surface area contributed by atoms with E-state index in [0.717, 1.165) is 25.3 Å². The van der Waals surface area contributed by atoms with Gasteiger partial charge in [-0.3, -0.25) is 4.79 Å². The minimum absolute atomic E-state index is 0.0105. The molecule has 13 heteroatoms.